The number of nitrogens with zero attached hydrogens (tertiary/aromatic N) is 1. The number of rotatable bonds is 4. The van der Waals surface area contributed by atoms with Crippen molar-refractivity contribution >= 4 is 5.84 Å². The first-order valence-electron chi connectivity index (χ1n) is 6.87. The standard InChI is InChI=1S/C15H23N3O2/c1-15(19)6-3-7-18(10-15)9-12-8-11(14(16)17)4-5-13(12)20-2/h4-5,8,19H,3,6-7,9-10H2,1-2H3,(H3,16,17). The minimum atomic E-state index is -0.621. The van der Waals surface area contributed by atoms with Gasteiger partial charge in [-0.15, -0.1) is 0 Å². The summed E-state index contributed by atoms with van der Waals surface area (Å²) < 4.78 is 5.37. The van der Waals surface area contributed by atoms with E-state index in [1.165, 1.54) is 0 Å². The molecule has 0 saturated carbocycles. The summed E-state index contributed by atoms with van der Waals surface area (Å²) in [5.41, 5.74) is 6.61. The number of piperidine rings is 1. The van der Waals surface area contributed by atoms with E-state index in [2.05, 4.69) is 4.90 Å². The van der Waals surface area contributed by atoms with Crippen LogP contribution in [0.1, 0.15) is 30.9 Å². The lowest BCUT2D eigenvalue weighted by atomic mass is 9.94. The molecule has 0 bridgehead atoms. The molecule has 1 atom stereocenters. The van der Waals surface area contributed by atoms with Crippen LogP contribution in [-0.4, -0.2) is 41.6 Å². The molecule has 1 aliphatic heterocycles. The van der Waals surface area contributed by atoms with Gasteiger partial charge in [0.25, 0.3) is 0 Å². The highest BCUT2D eigenvalue weighted by Crippen LogP contribution is 2.26. The topological polar surface area (TPSA) is 82.6 Å². The van der Waals surface area contributed by atoms with E-state index in [0.29, 0.717) is 18.7 Å². The van der Waals surface area contributed by atoms with Gasteiger partial charge in [-0.3, -0.25) is 10.3 Å². The van der Waals surface area contributed by atoms with Gasteiger partial charge in [-0.1, -0.05) is 0 Å². The van der Waals surface area contributed by atoms with Gasteiger partial charge >= 0.3 is 0 Å². The summed E-state index contributed by atoms with van der Waals surface area (Å²) in [5.74, 6) is 0.847. The molecule has 0 amide bonds. The highest BCUT2D eigenvalue weighted by Gasteiger charge is 2.28. The monoisotopic (exact) mass is 277 g/mol. The summed E-state index contributed by atoms with van der Waals surface area (Å²) in [6.07, 6.45) is 1.83. The number of hydrogen-bond acceptors (Lipinski definition) is 4. The number of amidine groups is 1. The smallest absolute Gasteiger partial charge is 0.123 e. The number of nitrogen functional groups attached to an aromatic ring is 1. The van der Waals surface area contributed by atoms with Crippen molar-refractivity contribution in [3.05, 3.63) is 29.3 Å². The van der Waals surface area contributed by atoms with Crippen LogP contribution in [0.5, 0.6) is 5.75 Å². The molecule has 1 saturated heterocycles. The summed E-state index contributed by atoms with van der Waals surface area (Å²) in [5, 5.41) is 17.7. The maximum absolute atomic E-state index is 10.2. The Morgan fingerprint density at radius 3 is 2.90 bits per heavy atom. The van der Waals surface area contributed by atoms with E-state index in [-0.39, 0.29) is 5.84 Å². The summed E-state index contributed by atoms with van der Waals surface area (Å²) in [4.78, 5) is 2.21. The van der Waals surface area contributed by atoms with E-state index in [0.717, 1.165) is 30.7 Å². The molecule has 1 aromatic carbocycles. The zero-order valence-electron chi connectivity index (χ0n) is 12.1. The van der Waals surface area contributed by atoms with Crippen LogP contribution in [0.25, 0.3) is 0 Å². The molecule has 1 unspecified atom stereocenters. The summed E-state index contributed by atoms with van der Waals surface area (Å²) in [6, 6.07) is 5.52. The third kappa shape index (κ3) is 3.49. The Bertz CT molecular complexity index is 500. The fourth-order valence-electron chi connectivity index (χ4n) is 2.77. The lowest BCUT2D eigenvalue weighted by Crippen LogP contribution is -2.45. The van der Waals surface area contributed by atoms with Crippen LogP contribution in [-0.2, 0) is 6.54 Å². The predicted molar refractivity (Wildman–Crippen MR) is 79.1 cm³/mol. The number of β-amino-alcohol motifs (C(OH)–C–C–N with tert-alkyl or cyclic N) is 1. The number of methoxy groups -OCH3 is 1. The number of nitrogens with one attached hydrogen (secondary N) is 1. The minimum absolute atomic E-state index is 0.0551. The van der Waals surface area contributed by atoms with Crippen molar-refractivity contribution < 1.29 is 9.84 Å². The highest BCUT2D eigenvalue weighted by molar-refractivity contribution is 5.95. The van der Waals surface area contributed by atoms with Gasteiger partial charge < -0.3 is 15.6 Å². The third-order valence-corrected chi connectivity index (χ3v) is 3.74. The van der Waals surface area contributed by atoms with Crippen molar-refractivity contribution in [1.29, 1.82) is 5.41 Å². The molecular formula is C15H23N3O2. The second kappa shape index (κ2) is 5.81. The minimum Gasteiger partial charge on any atom is -0.496 e. The second-order valence-electron chi connectivity index (χ2n) is 5.75. The first kappa shape index (κ1) is 14.8. The van der Waals surface area contributed by atoms with Gasteiger partial charge in [0, 0.05) is 24.2 Å². The van der Waals surface area contributed by atoms with Crippen molar-refractivity contribution in [3.8, 4) is 5.75 Å². The molecule has 1 aromatic rings. The van der Waals surface area contributed by atoms with Gasteiger partial charge in [-0.25, -0.2) is 0 Å². The molecule has 4 N–H and O–H groups in total. The molecule has 0 aliphatic carbocycles. The second-order valence-corrected chi connectivity index (χ2v) is 5.75. The molecular weight excluding hydrogens is 254 g/mol. The number of nitrogens with two attached hydrogens (primary N) is 1. The van der Waals surface area contributed by atoms with Crippen LogP contribution in [0.3, 0.4) is 0 Å². The maximum Gasteiger partial charge on any atom is 0.123 e. The number of likely N-dealkylation sites (tertiary alicyclic amines) is 1. The average Bonchev–Trinajstić information content (AvgIpc) is 2.37. The molecule has 2 rings (SSSR count). The molecule has 0 spiro atoms. The Morgan fingerprint density at radius 1 is 1.55 bits per heavy atom. The van der Waals surface area contributed by atoms with Crippen molar-refractivity contribution in [3.63, 3.8) is 0 Å². The number of hydrogen-bond donors (Lipinski definition) is 3. The summed E-state index contributed by atoms with van der Waals surface area (Å²) in [6.45, 7) is 4.19. The first-order valence-corrected chi connectivity index (χ1v) is 6.87. The molecule has 0 aromatic heterocycles. The van der Waals surface area contributed by atoms with E-state index < -0.39 is 5.60 Å². The first-order chi connectivity index (χ1) is 9.41. The molecule has 110 valence electrons. The highest BCUT2D eigenvalue weighted by atomic mass is 16.5. The third-order valence-electron chi connectivity index (χ3n) is 3.74. The predicted octanol–water partition coefficient (Wildman–Crippen LogP) is 1.33. The zero-order valence-corrected chi connectivity index (χ0v) is 12.1. The normalized spacial score (nSPS) is 23.6. The van der Waals surface area contributed by atoms with E-state index in [1.54, 1.807) is 13.2 Å². The van der Waals surface area contributed by atoms with E-state index >= 15 is 0 Å². The molecule has 5 nitrogen and oxygen atoms in total. The molecule has 20 heavy (non-hydrogen) atoms. The van der Waals surface area contributed by atoms with Crippen molar-refractivity contribution in [2.75, 3.05) is 20.2 Å². The van der Waals surface area contributed by atoms with Gasteiger partial charge in [0.1, 0.15) is 11.6 Å². The van der Waals surface area contributed by atoms with Crippen LogP contribution in [0.2, 0.25) is 0 Å². The van der Waals surface area contributed by atoms with Gasteiger partial charge in [0.05, 0.1) is 12.7 Å². The number of ether oxygens (including phenoxy) is 1. The Kier molecular flexibility index (Phi) is 4.30. The number of aliphatic hydroxyl groups is 1. The molecule has 1 aliphatic rings. The summed E-state index contributed by atoms with van der Waals surface area (Å²) >= 11 is 0. The van der Waals surface area contributed by atoms with Gasteiger partial charge in [-0.2, -0.15) is 0 Å². The van der Waals surface area contributed by atoms with Gasteiger partial charge in [0.2, 0.25) is 0 Å². The quantitative estimate of drug-likeness (QED) is 0.572. The van der Waals surface area contributed by atoms with Gasteiger partial charge in [0.15, 0.2) is 0 Å². The van der Waals surface area contributed by atoms with E-state index in [9.17, 15) is 5.11 Å². The van der Waals surface area contributed by atoms with Crippen LogP contribution in [0, 0.1) is 5.41 Å². The molecule has 5 heteroatoms. The van der Waals surface area contributed by atoms with Crippen LogP contribution < -0.4 is 10.5 Å². The Labute approximate surface area is 119 Å². The Hall–Kier alpha value is -1.59. The largest absolute Gasteiger partial charge is 0.496 e. The van der Waals surface area contributed by atoms with Crippen LogP contribution in [0.4, 0.5) is 0 Å². The van der Waals surface area contributed by atoms with Crippen molar-refractivity contribution in [1.82, 2.24) is 4.90 Å². The van der Waals surface area contributed by atoms with Crippen LogP contribution >= 0.6 is 0 Å². The van der Waals surface area contributed by atoms with Crippen molar-refractivity contribution in [2.24, 2.45) is 5.73 Å². The molecule has 1 fully saturated rings. The van der Waals surface area contributed by atoms with E-state index in [4.69, 9.17) is 15.9 Å². The maximum atomic E-state index is 10.2. The zero-order chi connectivity index (χ0) is 14.8. The van der Waals surface area contributed by atoms with E-state index in [1.807, 2.05) is 19.1 Å². The molecule has 0 radical (unpaired) electrons. The fraction of sp³-hybridized carbons (Fsp3) is 0.533. The average molecular weight is 277 g/mol. The number of benzene rings is 1. The van der Waals surface area contributed by atoms with Crippen LogP contribution in [0.15, 0.2) is 18.2 Å². The fourth-order valence-corrected chi connectivity index (χ4v) is 2.77. The molecule has 1 heterocycles. The van der Waals surface area contributed by atoms with Gasteiger partial charge in [-0.05, 0) is 44.5 Å². The Morgan fingerprint density at radius 2 is 2.30 bits per heavy atom. The lowest BCUT2D eigenvalue weighted by Gasteiger charge is -2.37. The SMILES string of the molecule is COc1ccc(C(=N)N)cc1CN1CCCC(C)(O)C1. The summed E-state index contributed by atoms with van der Waals surface area (Å²) in [7, 11) is 1.64. The van der Waals surface area contributed by atoms with Crippen molar-refractivity contribution in [2.45, 2.75) is 31.9 Å². The lowest BCUT2D eigenvalue weighted by molar-refractivity contribution is -0.0183. The Balaban J connectivity index is 2.18.